The van der Waals surface area contributed by atoms with E-state index in [1.165, 1.54) is 25.7 Å². The van der Waals surface area contributed by atoms with Crippen LogP contribution in [-0.4, -0.2) is 48.4 Å². The molecule has 0 atom stereocenters. The van der Waals surface area contributed by atoms with Gasteiger partial charge in [0.25, 0.3) is 0 Å². The zero-order valence-electron chi connectivity index (χ0n) is 18.1. The van der Waals surface area contributed by atoms with E-state index >= 15 is 0 Å². The Labute approximate surface area is 184 Å². The van der Waals surface area contributed by atoms with Crippen molar-refractivity contribution < 1.29 is 9.90 Å². The Hall–Kier alpha value is -2.80. The van der Waals surface area contributed by atoms with Gasteiger partial charge in [0.15, 0.2) is 0 Å². The minimum Gasteiger partial charge on any atom is -0.393 e. The highest BCUT2D eigenvalue weighted by Crippen LogP contribution is 2.28. The summed E-state index contributed by atoms with van der Waals surface area (Å²) in [5.41, 5.74) is 2.76. The summed E-state index contributed by atoms with van der Waals surface area (Å²) < 4.78 is 0. The molecule has 0 spiro atoms. The number of urea groups is 1. The van der Waals surface area contributed by atoms with Gasteiger partial charge in [-0.1, -0.05) is 31.0 Å². The van der Waals surface area contributed by atoms with Crippen molar-refractivity contribution in [2.45, 2.75) is 51.2 Å². The number of pyridine rings is 1. The molecular weight excluding hydrogens is 390 g/mol. The van der Waals surface area contributed by atoms with Gasteiger partial charge in [0.1, 0.15) is 5.82 Å². The predicted molar refractivity (Wildman–Crippen MR) is 125 cm³/mol. The number of nitrogens with one attached hydrogen (secondary N) is 2. The predicted octanol–water partition coefficient (Wildman–Crippen LogP) is 3.74. The molecule has 2 amide bonds. The first-order valence-electron chi connectivity index (χ1n) is 11.5. The van der Waals surface area contributed by atoms with Crippen LogP contribution in [0.3, 0.4) is 0 Å². The first-order chi connectivity index (χ1) is 15.2. The fraction of sp³-hybridized carbons (Fsp3) is 0.500. The quantitative estimate of drug-likeness (QED) is 0.683. The number of hydrogen-bond donors (Lipinski definition) is 3. The number of rotatable bonds is 5. The number of amides is 2. The van der Waals surface area contributed by atoms with E-state index in [9.17, 15) is 9.90 Å². The fourth-order valence-electron chi connectivity index (χ4n) is 4.32. The normalized spacial score (nSPS) is 17.8. The maximum atomic E-state index is 12.5. The average Bonchev–Trinajstić information content (AvgIpc) is 3.09. The monoisotopic (exact) mass is 423 g/mol. The summed E-state index contributed by atoms with van der Waals surface area (Å²) >= 11 is 0. The lowest BCUT2D eigenvalue weighted by Gasteiger charge is -2.32. The number of aliphatic hydroxyl groups excluding tert-OH is 1. The van der Waals surface area contributed by atoms with Gasteiger partial charge in [0.05, 0.1) is 17.5 Å². The minimum atomic E-state index is -0.235. The van der Waals surface area contributed by atoms with E-state index in [4.69, 9.17) is 0 Å². The van der Waals surface area contributed by atoms with Gasteiger partial charge in [-0.3, -0.25) is 0 Å². The topological polar surface area (TPSA) is 80.7 Å². The molecular formula is C24H33N5O2. The van der Waals surface area contributed by atoms with Crippen LogP contribution < -0.4 is 20.4 Å². The van der Waals surface area contributed by atoms with Gasteiger partial charge in [-0.25, -0.2) is 9.78 Å². The Balaban J connectivity index is 1.30. The van der Waals surface area contributed by atoms with E-state index in [-0.39, 0.29) is 12.1 Å². The Morgan fingerprint density at radius 2 is 1.71 bits per heavy atom. The molecule has 31 heavy (non-hydrogen) atoms. The molecule has 166 valence electrons. The van der Waals surface area contributed by atoms with Crippen molar-refractivity contribution in [1.82, 2.24) is 10.3 Å². The zero-order valence-corrected chi connectivity index (χ0v) is 18.1. The summed E-state index contributed by atoms with van der Waals surface area (Å²) in [6, 6.07) is 11.7. The summed E-state index contributed by atoms with van der Waals surface area (Å²) in [7, 11) is 0. The summed E-state index contributed by atoms with van der Waals surface area (Å²) in [4.78, 5) is 21.7. The molecule has 4 rings (SSSR count). The lowest BCUT2D eigenvalue weighted by Crippen LogP contribution is -2.36. The maximum Gasteiger partial charge on any atom is 0.319 e. The smallest absolute Gasteiger partial charge is 0.319 e. The first kappa shape index (κ1) is 21.4. The molecule has 2 saturated heterocycles. The van der Waals surface area contributed by atoms with Crippen LogP contribution in [0.4, 0.5) is 22.0 Å². The molecule has 2 fully saturated rings. The Morgan fingerprint density at radius 3 is 2.42 bits per heavy atom. The second-order valence-electron chi connectivity index (χ2n) is 8.47. The molecule has 3 heterocycles. The second-order valence-corrected chi connectivity index (χ2v) is 8.47. The average molecular weight is 424 g/mol. The Bertz CT molecular complexity index is 841. The number of carbonyl (C=O) groups excluding carboxylic acids is 1. The van der Waals surface area contributed by atoms with Gasteiger partial charge in [0, 0.05) is 38.9 Å². The van der Waals surface area contributed by atoms with Crippen molar-refractivity contribution in [3.8, 4) is 0 Å². The maximum absolute atomic E-state index is 12.5. The minimum absolute atomic E-state index is 0.223. The number of anilines is 3. The highest BCUT2D eigenvalue weighted by atomic mass is 16.3. The molecule has 0 saturated carbocycles. The molecule has 1 aromatic heterocycles. The van der Waals surface area contributed by atoms with Crippen molar-refractivity contribution in [2.24, 2.45) is 0 Å². The zero-order chi connectivity index (χ0) is 21.5. The van der Waals surface area contributed by atoms with E-state index in [0.717, 1.165) is 61.8 Å². The summed E-state index contributed by atoms with van der Waals surface area (Å²) in [5, 5.41) is 15.7. The number of hydrogen-bond acceptors (Lipinski definition) is 5. The standard InChI is InChI=1S/C24H33N5O2/c30-20-11-15-28(16-12-20)22-8-4-3-7-21(22)27-24(31)26-18-19-9-10-23(25-17-19)29-13-5-1-2-6-14-29/h3-4,7-10,17,20,30H,1-2,5-6,11-16,18H2,(H2,26,27,31). The number of carbonyl (C=O) groups is 1. The third kappa shape index (κ3) is 5.88. The van der Waals surface area contributed by atoms with Crippen molar-refractivity contribution in [1.29, 1.82) is 0 Å². The summed E-state index contributed by atoms with van der Waals surface area (Å²) in [6.45, 7) is 4.15. The number of aromatic nitrogens is 1. The van der Waals surface area contributed by atoms with Crippen LogP contribution in [0.25, 0.3) is 0 Å². The number of aliphatic hydroxyl groups is 1. The molecule has 0 bridgehead atoms. The van der Waals surface area contributed by atoms with Crippen LogP contribution in [0.2, 0.25) is 0 Å². The van der Waals surface area contributed by atoms with Crippen LogP contribution >= 0.6 is 0 Å². The number of piperidine rings is 1. The highest BCUT2D eigenvalue weighted by Gasteiger charge is 2.19. The number of benzene rings is 1. The van der Waals surface area contributed by atoms with E-state index in [1.54, 1.807) is 0 Å². The lowest BCUT2D eigenvalue weighted by atomic mass is 10.1. The van der Waals surface area contributed by atoms with Gasteiger partial charge in [-0.15, -0.1) is 0 Å². The Kier molecular flexibility index (Phi) is 7.25. The van der Waals surface area contributed by atoms with Crippen LogP contribution in [-0.2, 0) is 6.54 Å². The molecule has 1 aromatic carbocycles. The fourth-order valence-corrected chi connectivity index (χ4v) is 4.32. The molecule has 0 aliphatic carbocycles. The number of para-hydroxylation sites is 2. The molecule has 0 unspecified atom stereocenters. The summed E-state index contributed by atoms with van der Waals surface area (Å²) in [6.07, 6.45) is 8.19. The molecule has 2 aliphatic rings. The van der Waals surface area contributed by atoms with E-state index in [0.29, 0.717) is 6.54 Å². The molecule has 0 radical (unpaired) electrons. The van der Waals surface area contributed by atoms with Gasteiger partial charge < -0.3 is 25.5 Å². The molecule has 2 aliphatic heterocycles. The van der Waals surface area contributed by atoms with Crippen LogP contribution in [0.15, 0.2) is 42.6 Å². The molecule has 3 N–H and O–H groups in total. The SMILES string of the molecule is O=C(NCc1ccc(N2CCCCCC2)nc1)Nc1ccccc1N1CCC(O)CC1. The van der Waals surface area contributed by atoms with Crippen molar-refractivity contribution in [3.05, 3.63) is 48.2 Å². The van der Waals surface area contributed by atoms with Gasteiger partial charge in [0.2, 0.25) is 0 Å². The van der Waals surface area contributed by atoms with Crippen molar-refractivity contribution in [2.75, 3.05) is 41.3 Å². The highest BCUT2D eigenvalue weighted by molar-refractivity contribution is 5.93. The van der Waals surface area contributed by atoms with E-state index in [1.807, 2.05) is 36.5 Å². The van der Waals surface area contributed by atoms with Gasteiger partial charge in [-0.05, 0) is 49.4 Å². The third-order valence-electron chi connectivity index (χ3n) is 6.15. The van der Waals surface area contributed by atoms with E-state index in [2.05, 4.69) is 31.5 Å². The van der Waals surface area contributed by atoms with Gasteiger partial charge >= 0.3 is 6.03 Å². The molecule has 7 nitrogen and oxygen atoms in total. The van der Waals surface area contributed by atoms with E-state index < -0.39 is 0 Å². The second kappa shape index (κ2) is 10.5. The third-order valence-corrected chi connectivity index (χ3v) is 6.15. The van der Waals surface area contributed by atoms with Crippen molar-refractivity contribution >= 4 is 23.2 Å². The Morgan fingerprint density at radius 1 is 0.968 bits per heavy atom. The van der Waals surface area contributed by atoms with Crippen LogP contribution in [0.5, 0.6) is 0 Å². The van der Waals surface area contributed by atoms with Crippen molar-refractivity contribution in [3.63, 3.8) is 0 Å². The number of nitrogens with zero attached hydrogens (tertiary/aromatic N) is 3. The molecule has 2 aromatic rings. The van der Waals surface area contributed by atoms with Gasteiger partial charge in [-0.2, -0.15) is 0 Å². The lowest BCUT2D eigenvalue weighted by molar-refractivity contribution is 0.145. The first-order valence-corrected chi connectivity index (χ1v) is 11.5. The largest absolute Gasteiger partial charge is 0.393 e. The van der Waals surface area contributed by atoms with Crippen LogP contribution in [0.1, 0.15) is 44.1 Å². The summed E-state index contributed by atoms with van der Waals surface area (Å²) in [5.74, 6) is 1.02. The molecule has 7 heteroatoms. The van der Waals surface area contributed by atoms with Crippen LogP contribution in [0, 0.1) is 0 Å².